The van der Waals surface area contributed by atoms with E-state index < -0.39 is 15.6 Å². The highest BCUT2D eigenvalue weighted by Crippen LogP contribution is 2.26. The molecule has 0 spiro atoms. The van der Waals surface area contributed by atoms with Gasteiger partial charge in [0.1, 0.15) is 5.60 Å². The fourth-order valence-electron chi connectivity index (χ4n) is 2.29. The molecule has 25 heavy (non-hydrogen) atoms. The third-order valence-electron chi connectivity index (χ3n) is 4.06. The number of methoxy groups -OCH3 is 1. The summed E-state index contributed by atoms with van der Waals surface area (Å²) in [5, 5.41) is 0.545. The number of carbonyl (C=O) groups excluding carboxylic acids is 1. The number of rotatable bonds is 7. The number of hydrogen-bond acceptors (Lipinski definition) is 4. The average Bonchev–Trinajstić information content (AvgIpc) is 2.60. The predicted molar refractivity (Wildman–Crippen MR) is 97.4 cm³/mol. The molecule has 0 aliphatic carbocycles. The molecule has 0 unspecified atom stereocenters. The molecule has 0 aliphatic heterocycles. The van der Waals surface area contributed by atoms with E-state index in [1.807, 2.05) is 6.07 Å². The summed E-state index contributed by atoms with van der Waals surface area (Å²) in [7, 11) is -2.23. The number of benzene rings is 2. The molecule has 0 fully saturated rings. The lowest BCUT2D eigenvalue weighted by atomic mass is 9.96. The van der Waals surface area contributed by atoms with Crippen LogP contribution in [0.4, 0.5) is 0 Å². The molecule has 2 aromatic carbocycles. The Labute approximate surface area is 153 Å². The van der Waals surface area contributed by atoms with Crippen molar-refractivity contribution < 1.29 is 17.9 Å². The fraction of sp³-hybridized carbons (Fsp3) is 0.278. The second-order valence-corrected chi connectivity index (χ2v) is 8.05. The van der Waals surface area contributed by atoms with Crippen LogP contribution in [0.5, 0.6) is 0 Å². The maximum Gasteiger partial charge on any atom is 0.240 e. The van der Waals surface area contributed by atoms with Gasteiger partial charge in [-0.15, -0.1) is 0 Å². The summed E-state index contributed by atoms with van der Waals surface area (Å²) in [6.45, 7) is 3.23. The lowest BCUT2D eigenvalue weighted by Crippen LogP contribution is -2.40. The van der Waals surface area contributed by atoms with Gasteiger partial charge in [0.05, 0.1) is 4.90 Å². The molecule has 0 radical (unpaired) electrons. The summed E-state index contributed by atoms with van der Waals surface area (Å²) in [5.74, 6) is -0.121. The Morgan fingerprint density at radius 2 is 1.84 bits per heavy atom. The molecule has 0 aromatic heterocycles. The molecular formula is C18H20ClNO4S. The van der Waals surface area contributed by atoms with Crippen molar-refractivity contribution in [1.82, 2.24) is 4.72 Å². The zero-order valence-electron chi connectivity index (χ0n) is 14.2. The first-order valence-corrected chi connectivity index (χ1v) is 9.46. The van der Waals surface area contributed by atoms with Crippen LogP contribution in [0.15, 0.2) is 53.4 Å². The van der Waals surface area contributed by atoms with Gasteiger partial charge in [-0.1, -0.05) is 35.9 Å². The van der Waals surface area contributed by atoms with Gasteiger partial charge in [0, 0.05) is 24.2 Å². The minimum atomic E-state index is -3.74. The highest BCUT2D eigenvalue weighted by atomic mass is 35.5. The third kappa shape index (κ3) is 4.67. The Bertz CT molecular complexity index is 865. The van der Waals surface area contributed by atoms with Gasteiger partial charge in [-0.2, -0.15) is 0 Å². The molecule has 2 aromatic rings. The topological polar surface area (TPSA) is 72.5 Å². The number of ether oxygens (including phenoxy) is 1. The zero-order valence-corrected chi connectivity index (χ0v) is 15.8. The quantitative estimate of drug-likeness (QED) is 0.746. The van der Waals surface area contributed by atoms with Crippen LogP contribution in [0.25, 0.3) is 0 Å². The van der Waals surface area contributed by atoms with Crippen molar-refractivity contribution in [3.05, 3.63) is 64.7 Å². The minimum Gasteiger partial charge on any atom is -0.372 e. The molecule has 1 atom stereocenters. The second-order valence-electron chi connectivity index (χ2n) is 5.85. The molecular weight excluding hydrogens is 362 g/mol. The summed E-state index contributed by atoms with van der Waals surface area (Å²) in [6, 6.07) is 12.9. The Morgan fingerprint density at radius 3 is 2.36 bits per heavy atom. The molecule has 1 N–H and O–H groups in total. The first-order chi connectivity index (χ1) is 11.7. The number of ketones is 1. The van der Waals surface area contributed by atoms with E-state index in [0.717, 1.165) is 5.56 Å². The molecule has 5 nitrogen and oxygen atoms in total. The molecule has 0 bridgehead atoms. The molecule has 2 rings (SSSR count). The van der Waals surface area contributed by atoms with Crippen LogP contribution in [0.1, 0.15) is 29.8 Å². The van der Waals surface area contributed by atoms with Gasteiger partial charge in [0.15, 0.2) is 5.78 Å². The van der Waals surface area contributed by atoms with Crippen LogP contribution in [0, 0.1) is 0 Å². The van der Waals surface area contributed by atoms with E-state index in [4.69, 9.17) is 16.3 Å². The van der Waals surface area contributed by atoms with Gasteiger partial charge in [-0.05, 0) is 43.7 Å². The van der Waals surface area contributed by atoms with Crippen molar-refractivity contribution in [2.45, 2.75) is 24.3 Å². The van der Waals surface area contributed by atoms with E-state index in [1.54, 1.807) is 25.1 Å². The lowest BCUT2D eigenvalue weighted by Gasteiger charge is -2.29. The number of hydrogen-bond donors (Lipinski definition) is 1. The summed E-state index contributed by atoms with van der Waals surface area (Å²) >= 11 is 6.01. The largest absolute Gasteiger partial charge is 0.372 e. The van der Waals surface area contributed by atoms with Crippen LogP contribution >= 0.6 is 11.6 Å². The SMILES string of the molecule is CO[C@](C)(CNS(=O)(=O)c1ccc(C(C)=O)cc1)c1cccc(Cl)c1. The van der Waals surface area contributed by atoms with Crippen molar-refractivity contribution in [2.75, 3.05) is 13.7 Å². The molecule has 0 saturated heterocycles. The first kappa shape index (κ1) is 19.6. The summed E-state index contributed by atoms with van der Waals surface area (Å²) < 4.78 is 33.1. The van der Waals surface area contributed by atoms with E-state index in [9.17, 15) is 13.2 Å². The van der Waals surface area contributed by atoms with Crippen LogP contribution in [-0.4, -0.2) is 27.9 Å². The molecule has 0 amide bonds. The summed E-state index contributed by atoms with van der Waals surface area (Å²) in [4.78, 5) is 11.4. The van der Waals surface area contributed by atoms with Crippen LogP contribution < -0.4 is 4.72 Å². The zero-order chi connectivity index (χ0) is 18.7. The third-order valence-corrected chi connectivity index (χ3v) is 5.71. The highest BCUT2D eigenvalue weighted by molar-refractivity contribution is 7.89. The summed E-state index contributed by atoms with van der Waals surface area (Å²) in [5.41, 5.74) is 0.342. The Balaban J connectivity index is 2.20. The van der Waals surface area contributed by atoms with E-state index in [2.05, 4.69) is 4.72 Å². The number of halogens is 1. The highest BCUT2D eigenvalue weighted by Gasteiger charge is 2.29. The number of nitrogens with one attached hydrogen (secondary N) is 1. The predicted octanol–water partition coefficient (Wildman–Crippen LogP) is 3.38. The maximum atomic E-state index is 12.5. The lowest BCUT2D eigenvalue weighted by molar-refractivity contribution is 0.00699. The normalized spacial score (nSPS) is 14.1. The molecule has 0 aliphatic rings. The van der Waals surface area contributed by atoms with Crippen molar-refractivity contribution in [3.8, 4) is 0 Å². The average molecular weight is 382 g/mol. The Hall–Kier alpha value is -1.73. The first-order valence-electron chi connectivity index (χ1n) is 7.60. The fourth-order valence-corrected chi connectivity index (χ4v) is 3.61. The van der Waals surface area contributed by atoms with Crippen LogP contribution in [0.3, 0.4) is 0 Å². The number of Topliss-reactive ketones (excluding diaryl/α,β-unsaturated/α-hetero) is 1. The Morgan fingerprint density at radius 1 is 1.20 bits per heavy atom. The van der Waals surface area contributed by atoms with Crippen molar-refractivity contribution in [3.63, 3.8) is 0 Å². The van der Waals surface area contributed by atoms with E-state index in [0.29, 0.717) is 10.6 Å². The van der Waals surface area contributed by atoms with Crippen LogP contribution in [0.2, 0.25) is 5.02 Å². The number of carbonyl (C=O) groups is 1. The maximum absolute atomic E-state index is 12.5. The summed E-state index contributed by atoms with van der Waals surface area (Å²) in [6.07, 6.45) is 0. The van der Waals surface area contributed by atoms with Crippen molar-refractivity contribution in [1.29, 1.82) is 0 Å². The molecule has 134 valence electrons. The van der Waals surface area contributed by atoms with Crippen molar-refractivity contribution in [2.24, 2.45) is 0 Å². The van der Waals surface area contributed by atoms with Gasteiger partial charge < -0.3 is 4.74 Å². The molecule has 0 saturated carbocycles. The Kier molecular flexibility index (Phi) is 6.00. The van der Waals surface area contributed by atoms with Gasteiger partial charge in [0.25, 0.3) is 0 Å². The standard InChI is InChI=1S/C18H20ClNO4S/c1-13(21)14-7-9-17(10-8-14)25(22,23)20-12-18(2,24-3)15-5-4-6-16(19)11-15/h4-11,20H,12H2,1-3H3/t18-/m1/s1. The monoisotopic (exact) mass is 381 g/mol. The van der Waals surface area contributed by atoms with Gasteiger partial charge >= 0.3 is 0 Å². The molecule has 0 heterocycles. The van der Waals surface area contributed by atoms with Gasteiger partial charge in [-0.3, -0.25) is 4.79 Å². The van der Waals surface area contributed by atoms with E-state index in [-0.39, 0.29) is 17.2 Å². The van der Waals surface area contributed by atoms with Gasteiger partial charge in [0.2, 0.25) is 10.0 Å². The van der Waals surface area contributed by atoms with Gasteiger partial charge in [-0.25, -0.2) is 13.1 Å². The van der Waals surface area contributed by atoms with Crippen LogP contribution in [-0.2, 0) is 20.4 Å². The second kappa shape index (κ2) is 7.66. The smallest absolute Gasteiger partial charge is 0.240 e. The minimum absolute atomic E-state index is 0.0284. The number of sulfonamides is 1. The van der Waals surface area contributed by atoms with E-state index >= 15 is 0 Å². The molecule has 7 heteroatoms. The van der Waals surface area contributed by atoms with Crippen molar-refractivity contribution >= 4 is 27.4 Å². The van der Waals surface area contributed by atoms with E-state index in [1.165, 1.54) is 38.3 Å².